The molecule has 0 amide bonds. The van der Waals surface area contributed by atoms with Crippen molar-refractivity contribution in [3.63, 3.8) is 0 Å². The molecule has 3 atom stereocenters. The number of nitrogens with zero attached hydrogens (tertiary/aromatic N) is 3. The zero-order valence-electron chi connectivity index (χ0n) is 13.8. The number of nitrogens with one attached hydrogen (secondary N) is 1. The van der Waals surface area contributed by atoms with Crippen molar-refractivity contribution in [3.05, 3.63) is 12.2 Å². The van der Waals surface area contributed by atoms with Gasteiger partial charge in [0.2, 0.25) is 0 Å². The number of rotatable bonds is 7. The van der Waals surface area contributed by atoms with E-state index >= 15 is 0 Å². The van der Waals surface area contributed by atoms with Crippen LogP contribution >= 0.6 is 0 Å². The van der Waals surface area contributed by atoms with E-state index in [1.54, 1.807) is 6.33 Å². The minimum atomic E-state index is 0.431. The van der Waals surface area contributed by atoms with Gasteiger partial charge in [0.1, 0.15) is 12.2 Å². The molecule has 2 aliphatic carbocycles. The van der Waals surface area contributed by atoms with Crippen molar-refractivity contribution in [2.75, 3.05) is 13.1 Å². The average molecular weight is 290 g/mol. The van der Waals surface area contributed by atoms with Crippen LogP contribution in [0.4, 0.5) is 0 Å². The fourth-order valence-corrected chi connectivity index (χ4v) is 4.67. The van der Waals surface area contributed by atoms with E-state index in [4.69, 9.17) is 0 Å². The summed E-state index contributed by atoms with van der Waals surface area (Å²) in [6, 6.07) is 0. The lowest BCUT2D eigenvalue weighted by Crippen LogP contribution is -2.41. The van der Waals surface area contributed by atoms with Gasteiger partial charge in [-0.05, 0) is 49.0 Å². The van der Waals surface area contributed by atoms with Gasteiger partial charge in [0, 0.05) is 19.5 Å². The predicted octanol–water partition coefficient (Wildman–Crippen LogP) is 2.89. The lowest BCUT2D eigenvalue weighted by molar-refractivity contribution is 0.151. The minimum Gasteiger partial charge on any atom is -0.316 e. The maximum Gasteiger partial charge on any atom is 0.138 e. The summed E-state index contributed by atoms with van der Waals surface area (Å²) in [5.74, 6) is 3.69. The molecule has 21 heavy (non-hydrogen) atoms. The van der Waals surface area contributed by atoms with E-state index in [1.807, 2.05) is 0 Å². The summed E-state index contributed by atoms with van der Waals surface area (Å²) in [7, 11) is 0. The summed E-state index contributed by atoms with van der Waals surface area (Å²) < 4.78 is 2.14. The van der Waals surface area contributed by atoms with Crippen LogP contribution in [0, 0.1) is 23.2 Å². The van der Waals surface area contributed by atoms with E-state index in [1.165, 1.54) is 31.5 Å². The average Bonchev–Trinajstić information content (AvgIpc) is 3.13. The fraction of sp³-hybridized carbons (Fsp3) is 0.882. The molecule has 0 aromatic carbocycles. The van der Waals surface area contributed by atoms with E-state index in [-0.39, 0.29) is 0 Å². The van der Waals surface area contributed by atoms with Crippen LogP contribution in [0.15, 0.2) is 6.33 Å². The molecule has 2 fully saturated rings. The van der Waals surface area contributed by atoms with E-state index in [9.17, 15) is 0 Å². The Kier molecular flexibility index (Phi) is 4.34. The highest BCUT2D eigenvalue weighted by molar-refractivity contribution is 5.06. The van der Waals surface area contributed by atoms with Gasteiger partial charge in [-0.25, -0.2) is 9.67 Å². The lowest BCUT2D eigenvalue weighted by Gasteiger charge is -2.38. The third-order valence-corrected chi connectivity index (χ3v) is 5.57. The molecule has 0 spiro atoms. The van der Waals surface area contributed by atoms with Crippen molar-refractivity contribution >= 4 is 0 Å². The van der Waals surface area contributed by atoms with Crippen LogP contribution < -0.4 is 5.32 Å². The molecule has 1 aromatic rings. The predicted molar refractivity (Wildman–Crippen MR) is 85.0 cm³/mol. The van der Waals surface area contributed by atoms with Crippen molar-refractivity contribution in [3.8, 4) is 0 Å². The van der Waals surface area contributed by atoms with E-state index < -0.39 is 0 Å². The third kappa shape index (κ3) is 3.01. The molecule has 1 N–H and O–H groups in total. The first kappa shape index (κ1) is 15.0. The molecule has 0 radical (unpaired) electrons. The van der Waals surface area contributed by atoms with E-state index in [0.29, 0.717) is 11.3 Å². The molecular formula is C17H30N4. The molecule has 2 bridgehead atoms. The molecule has 4 heteroatoms. The van der Waals surface area contributed by atoms with Crippen LogP contribution in [-0.2, 0) is 13.0 Å². The van der Waals surface area contributed by atoms with E-state index in [0.717, 1.165) is 37.9 Å². The quantitative estimate of drug-likeness (QED) is 0.839. The molecule has 0 aliphatic heterocycles. The van der Waals surface area contributed by atoms with Gasteiger partial charge in [0.05, 0.1) is 0 Å². The van der Waals surface area contributed by atoms with Crippen molar-refractivity contribution in [2.45, 2.75) is 59.4 Å². The van der Waals surface area contributed by atoms with Crippen LogP contribution in [0.3, 0.4) is 0 Å². The van der Waals surface area contributed by atoms with Crippen molar-refractivity contribution in [1.29, 1.82) is 0 Å². The second kappa shape index (κ2) is 6.07. The van der Waals surface area contributed by atoms with Gasteiger partial charge in [-0.2, -0.15) is 5.10 Å². The maximum atomic E-state index is 4.59. The Morgan fingerprint density at radius 1 is 1.43 bits per heavy atom. The number of fused-ring (bicyclic) bond motifs is 2. The summed E-state index contributed by atoms with van der Waals surface area (Å²) in [6.45, 7) is 9.91. The first-order valence-electron chi connectivity index (χ1n) is 8.70. The van der Waals surface area contributed by atoms with Gasteiger partial charge in [0.15, 0.2) is 0 Å². The second-order valence-electron chi connectivity index (χ2n) is 7.65. The summed E-state index contributed by atoms with van der Waals surface area (Å²) >= 11 is 0. The zero-order valence-corrected chi connectivity index (χ0v) is 13.8. The smallest absolute Gasteiger partial charge is 0.138 e. The Balaban J connectivity index is 1.77. The van der Waals surface area contributed by atoms with Crippen LogP contribution in [0.25, 0.3) is 0 Å². The molecule has 3 rings (SSSR count). The Morgan fingerprint density at radius 3 is 2.90 bits per heavy atom. The van der Waals surface area contributed by atoms with Crippen molar-refractivity contribution in [2.24, 2.45) is 23.2 Å². The summed E-state index contributed by atoms with van der Waals surface area (Å²) in [4.78, 5) is 4.59. The zero-order chi connectivity index (χ0) is 14.9. The number of hydrogen-bond acceptors (Lipinski definition) is 3. The van der Waals surface area contributed by atoms with Gasteiger partial charge in [-0.3, -0.25) is 0 Å². The number of hydrogen-bond donors (Lipinski definition) is 1. The second-order valence-corrected chi connectivity index (χ2v) is 7.65. The maximum absolute atomic E-state index is 4.59. The Labute approximate surface area is 128 Å². The topological polar surface area (TPSA) is 42.7 Å². The van der Waals surface area contributed by atoms with Gasteiger partial charge in [0.25, 0.3) is 0 Å². The number of aromatic nitrogens is 3. The highest BCUT2D eigenvalue weighted by atomic mass is 15.3. The highest BCUT2D eigenvalue weighted by Crippen LogP contribution is 2.56. The third-order valence-electron chi connectivity index (χ3n) is 5.57. The monoisotopic (exact) mass is 290 g/mol. The van der Waals surface area contributed by atoms with Gasteiger partial charge >= 0.3 is 0 Å². The van der Waals surface area contributed by atoms with Gasteiger partial charge < -0.3 is 5.32 Å². The molecule has 1 heterocycles. The SMILES string of the molecule is CCNCC1(Cc2ncnn2CC(C)C)CC2CCC1C2. The Hall–Kier alpha value is -0.900. The minimum absolute atomic E-state index is 0.431. The van der Waals surface area contributed by atoms with Gasteiger partial charge in [-0.15, -0.1) is 0 Å². The largest absolute Gasteiger partial charge is 0.316 e. The summed E-state index contributed by atoms with van der Waals surface area (Å²) in [5.41, 5.74) is 0.431. The van der Waals surface area contributed by atoms with E-state index in [2.05, 4.69) is 40.9 Å². The molecule has 4 nitrogen and oxygen atoms in total. The Morgan fingerprint density at radius 2 is 2.29 bits per heavy atom. The fourth-order valence-electron chi connectivity index (χ4n) is 4.67. The molecule has 0 saturated heterocycles. The molecule has 1 aromatic heterocycles. The first-order valence-corrected chi connectivity index (χ1v) is 8.70. The highest BCUT2D eigenvalue weighted by Gasteiger charge is 2.50. The normalized spacial score (nSPS) is 31.4. The van der Waals surface area contributed by atoms with Crippen LogP contribution in [0.2, 0.25) is 0 Å². The first-order chi connectivity index (χ1) is 10.1. The molecule has 2 aliphatic rings. The molecular weight excluding hydrogens is 260 g/mol. The molecule has 118 valence electrons. The van der Waals surface area contributed by atoms with Crippen molar-refractivity contribution in [1.82, 2.24) is 20.1 Å². The molecule has 2 saturated carbocycles. The van der Waals surface area contributed by atoms with Crippen molar-refractivity contribution < 1.29 is 0 Å². The summed E-state index contributed by atoms with van der Waals surface area (Å²) in [6.07, 6.45) is 8.56. The molecule has 3 unspecified atom stereocenters. The van der Waals surface area contributed by atoms with Crippen LogP contribution in [-0.4, -0.2) is 27.9 Å². The summed E-state index contributed by atoms with van der Waals surface area (Å²) in [5, 5.41) is 8.09. The van der Waals surface area contributed by atoms with Crippen LogP contribution in [0.5, 0.6) is 0 Å². The van der Waals surface area contributed by atoms with Gasteiger partial charge in [-0.1, -0.05) is 27.2 Å². The lowest BCUT2D eigenvalue weighted by atomic mass is 9.70. The standard InChI is InChI=1S/C17H30N4/c1-4-18-11-17(8-14-5-6-15(17)7-14)9-16-19-12-20-21(16)10-13(2)3/h12-15,18H,4-11H2,1-3H3. The van der Waals surface area contributed by atoms with Crippen LogP contribution in [0.1, 0.15) is 52.3 Å². The Bertz CT molecular complexity index is 467.